The van der Waals surface area contributed by atoms with E-state index in [2.05, 4.69) is 53.4 Å². The quantitative estimate of drug-likeness (QED) is 0.807. The first kappa shape index (κ1) is 11.6. The SMILES string of the molecule is CN(c1ccc(C#N)cc1)C1CC=C2C=CC=CN21. The molecule has 0 aromatic heterocycles. The van der Waals surface area contributed by atoms with Gasteiger partial charge in [0.2, 0.25) is 0 Å². The van der Waals surface area contributed by atoms with E-state index in [0.717, 1.165) is 12.1 Å². The molecule has 1 atom stereocenters. The van der Waals surface area contributed by atoms with E-state index in [4.69, 9.17) is 5.26 Å². The third-order valence-electron chi connectivity index (χ3n) is 3.63. The summed E-state index contributed by atoms with van der Waals surface area (Å²) in [4.78, 5) is 4.52. The van der Waals surface area contributed by atoms with Crippen molar-refractivity contribution in [3.63, 3.8) is 0 Å². The number of hydrogen-bond donors (Lipinski definition) is 0. The van der Waals surface area contributed by atoms with Gasteiger partial charge in [-0.2, -0.15) is 5.26 Å². The highest BCUT2D eigenvalue weighted by Crippen LogP contribution is 2.30. The molecule has 0 saturated carbocycles. The van der Waals surface area contributed by atoms with Crippen LogP contribution in [0, 0.1) is 11.3 Å². The topological polar surface area (TPSA) is 30.3 Å². The van der Waals surface area contributed by atoms with Gasteiger partial charge in [0.05, 0.1) is 11.6 Å². The van der Waals surface area contributed by atoms with Gasteiger partial charge in [-0.15, -0.1) is 0 Å². The average molecular weight is 249 g/mol. The Morgan fingerprint density at radius 2 is 2.05 bits per heavy atom. The van der Waals surface area contributed by atoms with Crippen LogP contribution in [0.15, 0.2) is 60.5 Å². The standard InChI is InChI=1S/C16H15N3/c1-18(14-7-5-13(12-17)6-8-14)16-10-9-15-4-2-3-11-19(15)16/h2-9,11,16H,10H2,1H3. The lowest BCUT2D eigenvalue weighted by Gasteiger charge is -2.35. The molecule has 0 amide bonds. The minimum Gasteiger partial charge on any atom is -0.354 e. The third-order valence-corrected chi connectivity index (χ3v) is 3.63. The van der Waals surface area contributed by atoms with Crippen LogP contribution in [0.2, 0.25) is 0 Å². The molecule has 0 N–H and O–H groups in total. The second-order valence-corrected chi connectivity index (χ2v) is 4.72. The molecule has 3 rings (SSSR count). The zero-order chi connectivity index (χ0) is 13.2. The number of hydrogen-bond acceptors (Lipinski definition) is 3. The van der Waals surface area contributed by atoms with Crippen molar-refractivity contribution in [3.8, 4) is 6.07 Å². The van der Waals surface area contributed by atoms with Crippen molar-refractivity contribution in [1.29, 1.82) is 5.26 Å². The van der Waals surface area contributed by atoms with Gasteiger partial charge in [0.25, 0.3) is 0 Å². The fraction of sp³-hybridized carbons (Fsp3) is 0.188. The Bertz CT molecular complexity index is 602. The van der Waals surface area contributed by atoms with Gasteiger partial charge < -0.3 is 9.80 Å². The summed E-state index contributed by atoms with van der Waals surface area (Å²) in [6.07, 6.45) is 11.9. The van der Waals surface area contributed by atoms with Crippen LogP contribution in [0.4, 0.5) is 5.69 Å². The van der Waals surface area contributed by atoms with Crippen molar-refractivity contribution in [2.75, 3.05) is 11.9 Å². The van der Waals surface area contributed by atoms with Gasteiger partial charge in [0, 0.05) is 31.1 Å². The summed E-state index contributed by atoms with van der Waals surface area (Å²) in [7, 11) is 2.09. The maximum Gasteiger partial charge on any atom is 0.109 e. The van der Waals surface area contributed by atoms with Crippen LogP contribution in [0.25, 0.3) is 0 Å². The second kappa shape index (κ2) is 4.66. The minimum atomic E-state index is 0.309. The fourth-order valence-electron chi connectivity index (χ4n) is 2.54. The summed E-state index contributed by atoms with van der Waals surface area (Å²) in [5, 5.41) is 8.84. The van der Waals surface area contributed by atoms with Crippen LogP contribution >= 0.6 is 0 Å². The molecule has 2 aliphatic rings. The van der Waals surface area contributed by atoms with Gasteiger partial charge in [-0.05, 0) is 36.4 Å². The maximum absolute atomic E-state index is 8.84. The molecule has 0 fully saturated rings. The van der Waals surface area contributed by atoms with E-state index in [1.807, 2.05) is 24.3 Å². The molecule has 1 aromatic rings. The monoisotopic (exact) mass is 249 g/mol. The molecule has 2 aliphatic heterocycles. The van der Waals surface area contributed by atoms with Crippen LogP contribution in [-0.2, 0) is 0 Å². The first-order chi connectivity index (χ1) is 9.29. The Labute approximate surface area is 113 Å². The first-order valence-electron chi connectivity index (χ1n) is 6.36. The number of rotatable bonds is 2. The molecular weight excluding hydrogens is 234 g/mol. The Morgan fingerprint density at radius 1 is 1.26 bits per heavy atom. The Kier molecular flexibility index (Phi) is 2.85. The fourth-order valence-corrected chi connectivity index (χ4v) is 2.54. The van der Waals surface area contributed by atoms with E-state index in [9.17, 15) is 0 Å². The largest absolute Gasteiger partial charge is 0.354 e. The number of nitrogens with zero attached hydrogens (tertiary/aromatic N) is 3. The molecule has 0 spiro atoms. The van der Waals surface area contributed by atoms with E-state index >= 15 is 0 Å². The summed E-state index contributed by atoms with van der Waals surface area (Å²) in [5.74, 6) is 0. The third kappa shape index (κ3) is 2.02. The van der Waals surface area contributed by atoms with Crippen LogP contribution in [-0.4, -0.2) is 18.1 Å². The smallest absolute Gasteiger partial charge is 0.109 e. The lowest BCUT2D eigenvalue weighted by Crippen LogP contribution is -2.40. The van der Waals surface area contributed by atoms with Gasteiger partial charge in [0.15, 0.2) is 0 Å². The predicted octanol–water partition coefficient (Wildman–Crippen LogP) is 2.99. The molecule has 0 radical (unpaired) electrons. The van der Waals surface area contributed by atoms with Crippen molar-refractivity contribution in [2.45, 2.75) is 12.6 Å². The summed E-state index contributed by atoms with van der Waals surface area (Å²) < 4.78 is 0. The molecule has 1 aromatic carbocycles. The van der Waals surface area contributed by atoms with E-state index in [-0.39, 0.29) is 0 Å². The van der Waals surface area contributed by atoms with Crippen LogP contribution in [0.1, 0.15) is 12.0 Å². The summed E-state index contributed by atoms with van der Waals surface area (Å²) in [5.41, 5.74) is 3.08. The number of nitriles is 1. The zero-order valence-corrected chi connectivity index (χ0v) is 10.8. The van der Waals surface area contributed by atoms with E-state index in [1.54, 1.807) is 0 Å². The summed E-state index contributed by atoms with van der Waals surface area (Å²) in [6, 6.07) is 9.87. The Morgan fingerprint density at radius 3 is 2.79 bits per heavy atom. The molecule has 19 heavy (non-hydrogen) atoms. The Balaban J connectivity index is 1.81. The lowest BCUT2D eigenvalue weighted by atomic mass is 10.2. The number of benzene rings is 1. The molecule has 0 bridgehead atoms. The predicted molar refractivity (Wildman–Crippen MR) is 76.2 cm³/mol. The van der Waals surface area contributed by atoms with E-state index in [1.165, 1.54) is 5.70 Å². The average Bonchev–Trinajstić information content (AvgIpc) is 2.90. The highest BCUT2D eigenvalue weighted by molar-refractivity contribution is 5.51. The minimum absolute atomic E-state index is 0.309. The van der Waals surface area contributed by atoms with Crippen molar-refractivity contribution >= 4 is 5.69 Å². The van der Waals surface area contributed by atoms with Gasteiger partial charge in [-0.1, -0.05) is 12.2 Å². The molecule has 3 heteroatoms. The van der Waals surface area contributed by atoms with E-state index < -0.39 is 0 Å². The van der Waals surface area contributed by atoms with Gasteiger partial charge in [0.1, 0.15) is 6.17 Å². The highest BCUT2D eigenvalue weighted by atomic mass is 15.4. The molecule has 3 nitrogen and oxygen atoms in total. The zero-order valence-electron chi connectivity index (χ0n) is 10.8. The lowest BCUT2D eigenvalue weighted by molar-refractivity contribution is 0.372. The second-order valence-electron chi connectivity index (χ2n) is 4.72. The molecule has 2 heterocycles. The van der Waals surface area contributed by atoms with Gasteiger partial charge >= 0.3 is 0 Å². The molecule has 0 aliphatic carbocycles. The first-order valence-corrected chi connectivity index (χ1v) is 6.36. The molecule has 0 saturated heterocycles. The van der Waals surface area contributed by atoms with Crippen molar-refractivity contribution < 1.29 is 0 Å². The van der Waals surface area contributed by atoms with Gasteiger partial charge in [-0.3, -0.25) is 0 Å². The molecule has 1 unspecified atom stereocenters. The molecular formula is C16H15N3. The Hall–Kier alpha value is -2.47. The van der Waals surface area contributed by atoms with E-state index in [0.29, 0.717) is 11.7 Å². The highest BCUT2D eigenvalue weighted by Gasteiger charge is 2.27. The van der Waals surface area contributed by atoms with Crippen LogP contribution in [0.3, 0.4) is 0 Å². The van der Waals surface area contributed by atoms with Crippen LogP contribution < -0.4 is 4.90 Å². The van der Waals surface area contributed by atoms with Crippen molar-refractivity contribution in [2.24, 2.45) is 0 Å². The molecule has 94 valence electrons. The number of allylic oxidation sites excluding steroid dienone is 3. The van der Waals surface area contributed by atoms with Gasteiger partial charge in [-0.25, -0.2) is 0 Å². The normalized spacial score (nSPS) is 19.9. The van der Waals surface area contributed by atoms with Crippen molar-refractivity contribution in [3.05, 3.63) is 66.0 Å². The van der Waals surface area contributed by atoms with Crippen molar-refractivity contribution in [1.82, 2.24) is 4.90 Å². The number of fused-ring (bicyclic) bond motifs is 1. The summed E-state index contributed by atoms with van der Waals surface area (Å²) in [6.45, 7) is 0. The summed E-state index contributed by atoms with van der Waals surface area (Å²) >= 11 is 0. The van der Waals surface area contributed by atoms with Crippen LogP contribution in [0.5, 0.6) is 0 Å². The number of anilines is 1. The maximum atomic E-state index is 8.84.